The van der Waals surface area contributed by atoms with E-state index in [1.165, 1.54) is 0 Å². The molecule has 0 spiro atoms. The van der Waals surface area contributed by atoms with Crippen LogP contribution in [0.5, 0.6) is 5.75 Å². The molecule has 2 heterocycles. The molecule has 9 nitrogen and oxygen atoms in total. The number of aromatic amines is 1. The van der Waals surface area contributed by atoms with Crippen molar-refractivity contribution in [3.63, 3.8) is 0 Å². The summed E-state index contributed by atoms with van der Waals surface area (Å²) in [5.41, 5.74) is 0.878. The molecule has 3 N–H and O–H groups in total. The third-order valence-corrected chi connectivity index (χ3v) is 5.95. The third kappa shape index (κ3) is 5.19. The minimum absolute atomic E-state index is 0.114. The fraction of sp³-hybridized carbons (Fsp3) is 0.471. The van der Waals surface area contributed by atoms with Crippen molar-refractivity contribution in [3.8, 4) is 17.1 Å². The Morgan fingerprint density at radius 3 is 2.78 bits per heavy atom. The lowest BCUT2D eigenvalue weighted by molar-refractivity contribution is 0.415. The molecule has 0 aliphatic carbocycles. The zero-order chi connectivity index (χ0) is 19.3. The van der Waals surface area contributed by atoms with Gasteiger partial charge in [-0.3, -0.25) is 5.10 Å². The number of hydrogen-bond donors (Lipinski definition) is 3. The molecule has 0 saturated carbocycles. The van der Waals surface area contributed by atoms with Gasteiger partial charge < -0.3 is 15.4 Å². The van der Waals surface area contributed by atoms with Crippen molar-refractivity contribution in [1.82, 2.24) is 25.8 Å². The fourth-order valence-electron chi connectivity index (χ4n) is 2.81. The zero-order valence-corrected chi connectivity index (χ0v) is 16.2. The number of ether oxygens (including phenoxy) is 1. The van der Waals surface area contributed by atoms with E-state index in [-0.39, 0.29) is 17.5 Å². The maximum Gasteiger partial charge on any atom is 0.191 e. The quantitative estimate of drug-likeness (QED) is 0.489. The monoisotopic (exact) mass is 392 g/mol. The molecule has 1 fully saturated rings. The molecule has 1 aromatic heterocycles. The number of aromatic nitrogens is 3. The van der Waals surface area contributed by atoms with E-state index >= 15 is 0 Å². The molecule has 146 valence electrons. The first-order valence-electron chi connectivity index (χ1n) is 8.80. The van der Waals surface area contributed by atoms with Crippen LogP contribution in [0.2, 0.25) is 0 Å². The van der Waals surface area contributed by atoms with Crippen LogP contribution in [0.3, 0.4) is 0 Å². The summed E-state index contributed by atoms with van der Waals surface area (Å²) in [4.78, 5) is 8.93. The van der Waals surface area contributed by atoms with Crippen LogP contribution in [0, 0.1) is 0 Å². The van der Waals surface area contributed by atoms with Gasteiger partial charge in [-0.05, 0) is 37.6 Å². The van der Waals surface area contributed by atoms with E-state index in [0.717, 1.165) is 11.3 Å². The number of H-pyrrole nitrogens is 1. The summed E-state index contributed by atoms with van der Waals surface area (Å²) in [5, 5.41) is 13.4. The summed E-state index contributed by atoms with van der Waals surface area (Å²) in [7, 11) is -1.32. The van der Waals surface area contributed by atoms with E-state index in [0.29, 0.717) is 37.1 Å². The third-order valence-electron chi connectivity index (χ3n) is 4.18. The number of hydrogen-bond acceptors (Lipinski definition) is 6. The van der Waals surface area contributed by atoms with Crippen LogP contribution in [0.1, 0.15) is 19.2 Å². The normalized spacial score (nSPS) is 19.0. The van der Waals surface area contributed by atoms with Gasteiger partial charge in [0.25, 0.3) is 0 Å². The van der Waals surface area contributed by atoms with Crippen molar-refractivity contribution in [2.75, 3.05) is 25.2 Å². The van der Waals surface area contributed by atoms with Crippen molar-refractivity contribution in [3.05, 3.63) is 30.1 Å². The average molecular weight is 392 g/mol. The Bertz CT molecular complexity index is 892. The molecule has 3 rings (SSSR count). The van der Waals surface area contributed by atoms with Gasteiger partial charge in [0.2, 0.25) is 0 Å². The second-order valence-electron chi connectivity index (χ2n) is 6.27. The molecule has 27 heavy (non-hydrogen) atoms. The Labute approximate surface area is 158 Å². The van der Waals surface area contributed by atoms with Crippen molar-refractivity contribution < 1.29 is 13.2 Å². The molecular formula is C17H24N6O3S. The Hall–Kier alpha value is -2.62. The number of guanidine groups is 1. The lowest BCUT2D eigenvalue weighted by atomic mass is 10.2. The summed E-state index contributed by atoms with van der Waals surface area (Å²) < 4.78 is 28.4. The molecule has 0 bridgehead atoms. The van der Waals surface area contributed by atoms with Crippen LogP contribution in [-0.2, 0) is 16.4 Å². The Balaban J connectivity index is 1.64. The van der Waals surface area contributed by atoms with Crippen molar-refractivity contribution in [2.45, 2.75) is 25.9 Å². The van der Waals surface area contributed by atoms with Gasteiger partial charge in [0.05, 0.1) is 18.6 Å². The van der Waals surface area contributed by atoms with Gasteiger partial charge in [0.1, 0.15) is 18.1 Å². The van der Waals surface area contributed by atoms with E-state index in [4.69, 9.17) is 4.74 Å². The number of rotatable bonds is 6. The van der Waals surface area contributed by atoms with Gasteiger partial charge >= 0.3 is 0 Å². The first kappa shape index (κ1) is 19.2. The predicted octanol–water partition coefficient (Wildman–Crippen LogP) is 0.723. The van der Waals surface area contributed by atoms with E-state index < -0.39 is 9.84 Å². The maximum absolute atomic E-state index is 11.6. The molecule has 10 heteroatoms. The summed E-state index contributed by atoms with van der Waals surface area (Å²) in [6.45, 7) is 2.94. The highest BCUT2D eigenvalue weighted by molar-refractivity contribution is 7.91. The SMILES string of the molecule is CCNC(=NCc1nc(-c2ccc(OC)cc2)n[nH]1)NC1CCS(=O)(=O)C1. The summed E-state index contributed by atoms with van der Waals surface area (Å²) in [6, 6.07) is 7.37. The number of methoxy groups -OCH3 is 1. The molecular weight excluding hydrogens is 368 g/mol. The van der Waals surface area contributed by atoms with Gasteiger partial charge in [-0.2, -0.15) is 5.10 Å². The molecule has 1 aliphatic rings. The Kier molecular flexibility index (Phi) is 5.94. The van der Waals surface area contributed by atoms with Crippen molar-refractivity contribution >= 4 is 15.8 Å². The minimum Gasteiger partial charge on any atom is -0.497 e. The second-order valence-corrected chi connectivity index (χ2v) is 8.50. The number of sulfone groups is 1. The van der Waals surface area contributed by atoms with Crippen LogP contribution < -0.4 is 15.4 Å². The average Bonchev–Trinajstić information content (AvgIpc) is 3.26. The second kappa shape index (κ2) is 8.38. The predicted molar refractivity (Wildman–Crippen MR) is 103 cm³/mol. The molecule has 1 aromatic carbocycles. The van der Waals surface area contributed by atoms with Gasteiger partial charge in [-0.15, -0.1) is 0 Å². The maximum atomic E-state index is 11.6. The van der Waals surface area contributed by atoms with E-state index in [9.17, 15) is 8.42 Å². The molecule has 1 unspecified atom stereocenters. The van der Waals surface area contributed by atoms with Gasteiger partial charge in [-0.25, -0.2) is 18.4 Å². The summed E-state index contributed by atoms with van der Waals surface area (Å²) >= 11 is 0. The highest BCUT2D eigenvalue weighted by atomic mass is 32.2. The molecule has 1 atom stereocenters. The highest BCUT2D eigenvalue weighted by Crippen LogP contribution is 2.19. The first-order valence-corrected chi connectivity index (χ1v) is 10.6. The van der Waals surface area contributed by atoms with Crippen LogP contribution in [-0.4, -0.2) is 60.8 Å². The zero-order valence-electron chi connectivity index (χ0n) is 15.4. The molecule has 1 aliphatic heterocycles. The smallest absolute Gasteiger partial charge is 0.191 e. The fourth-order valence-corrected chi connectivity index (χ4v) is 4.48. The van der Waals surface area contributed by atoms with E-state index in [2.05, 4.69) is 30.8 Å². The van der Waals surface area contributed by atoms with Crippen LogP contribution in [0.4, 0.5) is 0 Å². The number of aliphatic imine (C=N–C) groups is 1. The summed E-state index contributed by atoms with van der Waals surface area (Å²) in [5.74, 6) is 2.91. The van der Waals surface area contributed by atoms with Crippen molar-refractivity contribution in [2.24, 2.45) is 4.99 Å². The summed E-state index contributed by atoms with van der Waals surface area (Å²) in [6.07, 6.45) is 0.594. The van der Waals surface area contributed by atoms with Crippen LogP contribution in [0.15, 0.2) is 29.3 Å². The van der Waals surface area contributed by atoms with Gasteiger partial charge in [0.15, 0.2) is 21.6 Å². The lowest BCUT2D eigenvalue weighted by Gasteiger charge is -2.15. The highest BCUT2D eigenvalue weighted by Gasteiger charge is 2.28. The first-order chi connectivity index (χ1) is 13.0. The Morgan fingerprint density at radius 1 is 1.37 bits per heavy atom. The van der Waals surface area contributed by atoms with E-state index in [1.807, 2.05) is 31.2 Å². The minimum atomic E-state index is -2.94. The number of benzene rings is 1. The molecule has 0 radical (unpaired) electrons. The van der Waals surface area contributed by atoms with Crippen LogP contribution >= 0.6 is 0 Å². The standard InChI is InChI=1S/C17H24N6O3S/c1-3-18-17(20-13-8-9-27(24,25)11-13)19-10-15-21-16(23-22-15)12-4-6-14(26-2)7-5-12/h4-7,13H,3,8-11H2,1-2H3,(H2,18,19,20)(H,21,22,23). The van der Waals surface area contributed by atoms with Crippen molar-refractivity contribution in [1.29, 1.82) is 0 Å². The van der Waals surface area contributed by atoms with Gasteiger partial charge in [0, 0.05) is 18.2 Å². The van der Waals surface area contributed by atoms with Crippen LogP contribution in [0.25, 0.3) is 11.4 Å². The molecule has 1 saturated heterocycles. The van der Waals surface area contributed by atoms with Gasteiger partial charge in [-0.1, -0.05) is 0 Å². The molecule has 0 amide bonds. The topological polar surface area (TPSA) is 121 Å². The lowest BCUT2D eigenvalue weighted by Crippen LogP contribution is -2.44. The van der Waals surface area contributed by atoms with E-state index in [1.54, 1.807) is 7.11 Å². The Morgan fingerprint density at radius 2 is 2.15 bits per heavy atom. The number of nitrogens with zero attached hydrogens (tertiary/aromatic N) is 3. The largest absolute Gasteiger partial charge is 0.497 e. The number of nitrogens with one attached hydrogen (secondary N) is 3. The molecule has 2 aromatic rings.